The first-order chi connectivity index (χ1) is 11.2. The van der Waals surface area contributed by atoms with Crippen molar-refractivity contribution in [2.24, 2.45) is 0 Å². The lowest BCUT2D eigenvalue weighted by Crippen LogP contribution is -2.59. The molecule has 10 heteroatoms. The second-order valence-electron chi connectivity index (χ2n) is 4.86. The zero-order chi connectivity index (χ0) is 18.2. The van der Waals surface area contributed by atoms with Crippen LogP contribution >= 0.6 is 0 Å². The third kappa shape index (κ3) is 3.30. The number of carbonyl (C=O) groups is 1. The number of hydrogen-bond donors (Lipinski definition) is 7. The summed E-state index contributed by atoms with van der Waals surface area (Å²) < 4.78 is 17.1. The van der Waals surface area contributed by atoms with E-state index in [0.717, 1.165) is 0 Å². The molecule has 23 heavy (non-hydrogen) atoms. The van der Waals surface area contributed by atoms with Crippen molar-refractivity contribution in [3.8, 4) is 17.2 Å². The molecule has 0 radical (unpaired) electrons. The van der Waals surface area contributed by atoms with Gasteiger partial charge >= 0.3 is 5.97 Å². The van der Waals surface area contributed by atoms with Crippen LogP contribution in [-0.4, -0.2) is 79.0 Å². The minimum atomic E-state index is -1.85. The summed E-state index contributed by atoms with van der Waals surface area (Å²) in [6, 6.07) is -0.205. The fourth-order valence-electron chi connectivity index (χ4n) is 2.05. The van der Waals surface area contributed by atoms with Crippen LogP contribution in [0.2, 0.25) is 0 Å². The monoisotopic (exact) mass is 333 g/mol. The highest BCUT2D eigenvalue weighted by Crippen LogP contribution is 2.36. The Balaban J connectivity index is 2.28. The van der Waals surface area contributed by atoms with Crippen LogP contribution in [0.25, 0.3) is 0 Å². The number of aliphatic hydroxyl groups excluding tert-OH is 4. The van der Waals surface area contributed by atoms with Gasteiger partial charge in [-0.2, -0.15) is 0 Å². The molecule has 1 fully saturated rings. The van der Waals surface area contributed by atoms with E-state index in [0.29, 0.717) is 6.07 Å². The average Bonchev–Trinajstić information content (AvgIpc) is 2.55. The summed E-state index contributed by atoms with van der Waals surface area (Å²) in [6.07, 6.45) is -8.43. The van der Waals surface area contributed by atoms with E-state index >= 15 is 0 Å². The Morgan fingerprint density at radius 1 is 1.22 bits per heavy atom. The molecule has 1 aliphatic heterocycles. The highest BCUT2D eigenvalue weighted by Gasteiger charge is 2.46. The van der Waals surface area contributed by atoms with Gasteiger partial charge < -0.3 is 45.2 Å². The number of phenolic OH excluding ortho intramolecular Hbond substituents is 3. The molecule has 0 amide bonds. The summed E-state index contributed by atoms with van der Waals surface area (Å²) in [6.45, 7) is -0.733. The minimum absolute atomic E-state index is 0.651. The van der Waals surface area contributed by atoms with E-state index < -0.39 is 72.1 Å². The lowest BCUT2D eigenvalue weighted by atomic mass is 9.99. The number of hydrogen-bond acceptors (Lipinski definition) is 10. The van der Waals surface area contributed by atoms with Crippen molar-refractivity contribution in [1.82, 2.24) is 0 Å². The molecule has 0 aliphatic carbocycles. The lowest BCUT2D eigenvalue weighted by Gasteiger charge is -2.39. The summed E-state index contributed by atoms with van der Waals surface area (Å²) in [4.78, 5) is 12.1. The van der Waals surface area contributed by atoms with E-state index in [1.807, 2.05) is 0 Å². The molecule has 5 atom stereocenters. The van der Waals surface area contributed by atoms with Gasteiger partial charge in [-0.25, -0.2) is 4.79 Å². The van der Waals surface area contributed by atoms with E-state index in [4.69, 9.17) is 16.0 Å². The molecule has 0 aromatic heterocycles. The Labute approximate surface area is 130 Å². The smallest absolute Gasteiger partial charge is 0.338 e. The molecule has 0 saturated carbocycles. The first kappa shape index (κ1) is 15.8. The van der Waals surface area contributed by atoms with Crippen LogP contribution in [0, 0.1) is 0 Å². The van der Waals surface area contributed by atoms with Crippen molar-refractivity contribution < 1.29 is 51.4 Å². The van der Waals surface area contributed by atoms with Gasteiger partial charge in [-0.1, -0.05) is 0 Å². The number of ether oxygens (including phenoxy) is 2. The van der Waals surface area contributed by atoms with Gasteiger partial charge in [-0.15, -0.1) is 0 Å². The Morgan fingerprint density at radius 3 is 2.48 bits per heavy atom. The standard InChI is InChI=1S/C13H16O10/c14-3-7-9(18)11(10(19)13(21)22-7)23-12(20)4-1-5(15)8(17)6(16)2-4/h1-2,7,9-11,13-19,21H,3H2/t7-,9-,10-,11+,13?/m1/s1/i1D. The minimum Gasteiger partial charge on any atom is -0.504 e. The molecule has 1 aliphatic rings. The maximum atomic E-state index is 12.1. The summed E-state index contributed by atoms with van der Waals surface area (Å²) in [7, 11) is 0. The van der Waals surface area contributed by atoms with Gasteiger partial charge in [0.05, 0.1) is 13.5 Å². The van der Waals surface area contributed by atoms with Crippen molar-refractivity contribution in [2.45, 2.75) is 30.7 Å². The van der Waals surface area contributed by atoms with Gasteiger partial charge in [0.2, 0.25) is 0 Å². The molecule has 10 nitrogen and oxygen atoms in total. The Kier molecular flexibility index (Phi) is 4.50. The third-order valence-corrected chi connectivity index (χ3v) is 3.30. The molecule has 1 aromatic carbocycles. The van der Waals surface area contributed by atoms with Crippen LogP contribution in [0.15, 0.2) is 12.1 Å². The van der Waals surface area contributed by atoms with Crippen LogP contribution in [0.3, 0.4) is 0 Å². The van der Waals surface area contributed by atoms with E-state index in [9.17, 15) is 35.4 Å². The zero-order valence-corrected chi connectivity index (χ0v) is 11.5. The number of rotatable bonds is 3. The SMILES string of the molecule is [2H]c1c(C(=O)O[C@H]2[C@H](O)[C@@H](CO)OC(O)[C@@H]2O)cc(O)c(O)c1O. The molecule has 0 spiro atoms. The molecule has 128 valence electrons. The van der Waals surface area contributed by atoms with Crippen LogP contribution in [0.5, 0.6) is 17.2 Å². The van der Waals surface area contributed by atoms with Crippen LogP contribution in [-0.2, 0) is 9.47 Å². The van der Waals surface area contributed by atoms with Crippen molar-refractivity contribution in [1.29, 1.82) is 0 Å². The van der Waals surface area contributed by atoms with Gasteiger partial charge in [0.15, 0.2) is 29.6 Å². The Morgan fingerprint density at radius 2 is 1.87 bits per heavy atom. The van der Waals surface area contributed by atoms with E-state index in [-0.39, 0.29) is 0 Å². The number of esters is 1. The van der Waals surface area contributed by atoms with E-state index in [1.165, 1.54) is 0 Å². The molecule has 1 aromatic rings. The Bertz CT molecular complexity index is 636. The number of aliphatic hydroxyl groups is 4. The van der Waals surface area contributed by atoms with E-state index in [2.05, 4.69) is 0 Å². The molecule has 2 rings (SSSR count). The third-order valence-electron chi connectivity index (χ3n) is 3.30. The maximum absolute atomic E-state index is 12.1. The Hall–Kier alpha value is -2.11. The molecular formula is C13H16O10. The van der Waals surface area contributed by atoms with Crippen LogP contribution in [0.4, 0.5) is 0 Å². The van der Waals surface area contributed by atoms with Gasteiger partial charge in [0, 0.05) is 0 Å². The van der Waals surface area contributed by atoms with Crippen LogP contribution < -0.4 is 0 Å². The lowest BCUT2D eigenvalue weighted by molar-refractivity contribution is -0.285. The summed E-state index contributed by atoms with van der Waals surface area (Å²) in [5.74, 6) is -4.29. The highest BCUT2D eigenvalue weighted by atomic mass is 16.7. The fourth-order valence-corrected chi connectivity index (χ4v) is 2.05. The van der Waals surface area contributed by atoms with Crippen molar-refractivity contribution in [2.75, 3.05) is 6.61 Å². The zero-order valence-electron chi connectivity index (χ0n) is 12.5. The van der Waals surface area contributed by atoms with Crippen LogP contribution in [0.1, 0.15) is 11.7 Å². The van der Waals surface area contributed by atoms with Gasteiger partial charge in [-0.05, 0) is 12.1 Å². The first-order valence-electron chi connectivity index (χ1n) is 6.95. The second kappa shape index (κ2) is 6.56. The summed E-state index contributed by atoms with van der Waals surface area (Å²) in [5.41, 5.74) is -0.663. The predicted molar refractivity (Wildman–Crippen MR) is 70.6 cm³/mol. The molecular weight excluding hydrogens is 316 g/mol. The highest BCUT2D eigenvalue weighted by molar-refractivity contribution is 5.91. The van der Waals surface area contributed by atoms with Gasteiger partial charge in [0.25, 0.3) is 0 Å². The van der Waals surface area contributed by atoms with Crippen molar-refractivity contribution >= 4 is 5.97 Å². The fraction of sp³-hybridized carbons (Fsp3) is 0.462. The molecule has 1 heterocycles. The molecule has 1 saturated heterocycles. The van der Waals surface area contributed by atoms with Gasteiger partial charge in [-0.3, -0.25) is 0 Å². The number of aromatic hydroxyl groups is 3. The normalized spacial score (nSPS) is 31.5. The average molecular weight is 333 g/mol. The molecule has 1 unspecified atom stereocenters. The first-order valence-corrected chi connectivity index (χ1v) is 6.45. The number of phenols is 3. The summed E-state index contributed by atoms with van der Waals surface area (Å²) in [5, 5.41) is 66.3. The number of benzene rings is 1. The quantitative estimate of drug-likeness (QED) is 0.236. The van der Waals surface area contributed by atoms with Crippen molar-refractivity contribution in [3.63, 3.8) is 0 Å². The second-order valence-corrected chi connectivity index (χ2v) is 4.86. The topological polar surface area (TPSA) is 177 Å². The van der Waals surface area contributed by atoms with E-state index in [1.54, 1.807) is 0 Å². The molecule has 7 N–H and O–H groups in total. The largest absolute Gasteiger partial charge is 0.504 e. The van der Waals surface area contributed by atoms with Crippen molar-refractivity contribution in [3.05, 3.63) is 17.7 Å². The van der Waals surface area contributed by atoms with Gasteiger partial charge in [0.1, 0.15) is 18.3 Å². The summed E-state index contributed by atoms with van der Waals surface area (Å²) >= 11 is 0. The number of carbonyl (C=O) groups excluding carboxylic acids is 1. The predicted octanol–water partition coefficient (Wildman–Crippen LogP) is -2.24. The molecule has 0 bridgehead atoms. The maximum Gasteiger partial charge on any atom is 0.338 e.